The number of hydrogen-bond donors (Lipinski definition) is 1. The van der Waals surface area contributed by atoms with Gasteiger partial charge in [-0.2, -0.15) is 5.10 Å². The quantitative estimate of drug-likeness (QED) is 0.849. The highest BCUT2D eigenvalue weighted by Gasteiger charge is 2.29. The van der Waals surface area contributed by atoms with E-state index in [1.54, 1.807) is 0 Å². The van der Waals surface area contributed by atoms with Crippen molar-refractivity contribution in [2.24, 2.45) is 11.8 Å². The average Bonchev–Trinajstić information content (AvgIpc) is 2.85. The minimum absolute atomic E-state index is 0.485. The van der Waals surface area contributed by atoms with Crippen LogP contribution in [0.5, 0.6) is 0 Å². The van der Waals surface area contributed by atoms with Crippen LogP contribution in [0.3, 0.4) is 0 Å². The third-order valence-electron chi connectivity index (χ3n) is 4.92. The second-order valence-electron chi connectivity index (χ2n) is 6.25. The molecule has 1 fully saturated rings. The van der Waals surface area contributed by atoms with Gasteiger partial charge in [0.25, 0.3) is 0 Å². The molecule has 1 aliphatic rings. The lowest BCUT2D eigenvalue weighted by Crippen LogP contribution is -2.32. The van der Waals surface area contributed by atoms with Crippen LogP contribution < -0.4 is 5.32 Å². The largest absolute Gasteiger partial charge is 0.309 e. The normalized spacial score (nSPS) is 24.8. The Morgan fingerprint density at radius 1 is 1.25 bits per heavy atom. The van der Waals surface area contributed by atoms with Gasteiger partial charge in [0.2, 0.25) is 0 Å². The van der Waals surface area contributed by atoms with Gasteiger partial charge < -0.3 is 5.32 Å². The summed E-state index contributed by atoms with van der Waals surface area (Å²) < 4.78 is 2.19. The molecule has 1 atom stereocenters. The SMILES string of the molecule is CCNC(c1cc(C)nn1CC)C1CCC(CC)CC1. The Kier molecular flexibility index (Phi) is 5.64. The molecular formula is C17H31N3. The van der Waals surface area contributed by atoms with Crippen LogP contribution in [-0.2, 0) is 6.54 Å². The summed E-state index contributed by atoms with van der Waals surface area (Å²) in [6.07, 6.45) is 6.89. The monoisotopic (exact) mass is 277 g/mol. The van der Waals surface area contributed by atoms with Crippen LogP contribution in [0.4, 0.5) is 0 Å². The third-order valence-corrected chi connectivity index (χ3v) is 4.92. The van der Waals surface area contributed by atoms with Gasteiger partial charge in [0.05, 0.1) is 17.4 Å². The van der Waals surface area contributed by atoms with Crippen molar-refractivity contribution in [1.29, 1.82) is 0 Å². The van der Waals surface area contributed by atoms with E-state index in [0.717, 1.165) is 30.6 Å². The fraction of sp³-hybridized carbons (Fsp3) is 0.824. The second kappa shape index (κ2) is 7.26. The molecule has 1 saturated carbocycles. The maximum absolute atomic E-state index is 4.63. The smallest absolute Gasteiger partial charge is 0.0597 e. The highest BCUT2D eigenvalue weighted by Crippen LogP contribution is 2.38. The fourth-order valence-electron chi connectivity index (χ4n) is 3.73. The van der Waals surface area contributed by atoms with E-state index in [-0.39, 0.29) is 0 Å². The van der Waals surface area contributed by atoms with Crippen LogP contribution >= 0.6 is 0 Å². The molecule has 3 nitrogen and oxygen atoms in total. The maximum atomic E-state index is 4.63. The lowest BCUT2D eigenvalue weighted by atomic mass is 9.77. The molecule has 1 unspecified atom stereocenters. The van der Waals surface area contributed by atoms with E-state index in [9.17, 15) is 0 Å². The Balaban J connectivity index is 2.14. The molecular weight excluding hydrogens is 246 g/mol. The molecule has 0 spiro atoms. The van der Waals surface area contributed by atoms with Crippen LogP contribution in [0.25, 0.3) is 0 Å². The lowest BCUT2D eigenvalue weighted by molar-refractivity contribution is 0.214. The highest BCUT2D eigenvalue weighted by atomic mass is 15.3. The zero-order valence-electron chi connectivity index (χ0n) is 13.7. The number of hydrogen-bond acceptors (Lipinski definition) is 2. The topological polar surface area (TPSA) is 29.9 Å². The first-order valence-corrected chi connectivity index (χ1v) is 8.47. The zero-order chi connectivity index (χ0) is 14.5. The Morgan fingerprint density at radius 3 is 2.50 bits per heavy atom. The number of aryl methyl sites for hydroxylation is 2. The molecule has 0 saturated heterocycles. The first-order valence-electron chi connectivity index (χ1n) is 8.47. The van der Waals surface area contributed by atoms with Gasteiger partial charge >= 0.3 is 0 Å². The molecule has 3 heteroatoms. The summed E-state index contributed by atoms with van der Waals surface area (Å²) in [6, 6.07) is 2.77. The van der Waals surface area contributed by atoms with E-state index >= 15 is 0 Å². The van der Waals surface area contributed by atoms with Crippen LogP contribution in [0.2, 0.25) is 0 Å². The van der Waals surface area contributed by atoms with Crippen molar-refractivity contribution in [3.05, 3.63) is 17.5 Å². The lowest BCUT2D eigenvalue weighted by Gasteiger charge is -2.34. The standard InChI is InChI=1S/C17H31N3/c1-5-14-8-10-15(11-9-14)17(18-6-2)16-12-13(4)19-20(16)7-3/h12,14-15,17-18H,5-11H2,1-4H3. The molecule has 2 rings (SSSR count). The van der Waals surface area contributed by atoms with Gasteiger partial charge in [-0.3, -0.25) is 4.68 Å². The van der Waals surface area contributed by atoms with Gasteiger partial charge in [-0.05, 0) is 51.1 Å². The highest BCUT2D eigenvalue weighted by molar-refractivity contribution is 5.15. The van der Waals surface area contributed by atoms with E-state index in [1.807, 2.05) is 0 Å². The Hall–Kier alpha value is -0.830. The van der Waals surface area contributed by atoms with Gasteiger partial charge in [-0.15, -0.1) is 0 Å². The number of nitrogens with zero attached hydrogens (tertiary/aromatic N) is 2. The molecule has 0 amide bonds. The maximum Gasteiger partial charge on any atom is 0.0597 e. The molecule has 114 valence electrons. The predicted octanol–water partition coefficient (Wildman–Crippen LogP) is 4.08. The van der Waals surface area contributed by atoms with Crippen molar-refractivity contribution in [1.82, 2.24) is 15.1 Å². The summed E-state index contributed by atoms with van der Waals surface area (Å²) >= 11 is 0. The van der Waals surface area contributed by atoms with Crippen molar-refractivity contribution in [3.63, 3.8) is 0 Å². The predicted molar refractivity (Wildman–Crippen MR) is 84.8 cm³/mol. The van der Waals surface area contributed by atoms with Crippen LogP contribution in [-0.4, -0.2) is 16.3 Å². The van der Waals surface area contributed by atoms with E-state index in [0.29, 0.717) is 6.04 Å². The second-order valence-corrected chi connectivity index (χ2v) is 6.25. The van der Waals surface area contributed by atoms with Crippen LogP contribution in [0.15, 0.2) is 6.07 Å². The van der Waals surface area contributed by atoms with Gasteiger partial charge in [-0.25, -0.2) is 0 Å². The molecule has 1 aromatic heterocycles. The van der Waals surface area contributed by atoms with Gasteiger partial charge in [0.15, 0.2) is 0 Å². The molecule has 0 radical (unpaired) electrons. The van der Waals surface area contributed by atoms with Crippen molar-refractivity contribution >= 4 is 0 Å². The summed E-state index contributed by atoms with van der Waals surface area (Å²) in [4.78, 5) is 0. The Morgan fingerprint density at radius 2 is 1.95 bits per heavy atom. The zero-order valence-corrected chi connectivity index (χ0v) is 13.7. The van der Waals surface area contributed by atoms with Crippen molar-refractivity contribution in [2.45, 2.75) is 72.4 Å². The van der Waals surface area contributed by atoms with Crippen LogP contribution in [0.1, 0.15) is 70.3 Å². The van der Waals surface area contributed by atoms with Gasteiger partial charge in [-0.1, -0.05) is 33.1 Å². The summed E-state index contributed by atoms with van der Waals surface area (Å²) in [5, 5.41) is 8.36. The van der Waals surface area contributed by atoms with Gasteiger partial charge in [0, 0.05) is 6.54 Å². The molecule has 0 aliphatic heterocycles. The summed E-state index contributed by atoms with van der Waals surface area (Å²) in [5.41, 5.74) is 2.54. The minimum atomic E-state index is 0.485. The molecule has 1 aromatic rings. The van der Waals surface area contributed by atoms with Crippen LogP contribution in [0, 0.1) is 18.8 Å². The molecule has 1 N–H and O–H groups in total. The molecule has 1 aliphatic carbocycles. The number of rotatable bonds is 6. The average molecular weight is 277 g/mol. The fourth-order valence-corrected chi connectivity index (χ4v) is 3.73. The number of aromatic nitrogens is 2. The van der Waals surface area contributed by atoms with Crippen molar-refractivity contribution < 1.29 is 0 Å². The molecule has 0 bridgehead atoms. The van der Waals surface area contributed by atoms with E-state index < -0.39 is 0 Å². The molecule has 20 heavy (non-hydrogen) atoms. The number of nitrogens with one attached hydrogen (secondary N) is 1. The molecule has 1 heterocycles. The summed E-state index contributed by atoms with van der Waals surface area (Å²) in [6.45, 7) is 10.8. The van der Waals surface area contributed by atoms with Crippen molar-refractivity contribution in [3.8, 4) is 0 Å². The first-order chi connectivity index (χ1) is 9.69. The molecule has 0 aromatic carbocycles. The van der Waals surface area contributed by atoms with Crippen molar-refractivity contribution in [2.75, 3.05) is 6.54 Å². The summed E-state index contributed by atoms with van der Waals surface area (Å²) in [5.74, 6) is 1.74. The Bertz CT molecular complexity index is 402. The van der Waals surface area contributed by atoms with E-state index in [2.05, 4.69) is 48.9 Å². The summed E-state index contributed by atoms with van der Waals surface area (Å²) in [7, 11) is 0. The van der Waals surface area contributed by atoms with E-state index in [1.165, 1.54) is 37.8 Å². The first kappa shape index (κ1) is 15.6. The third kappa shape index (κ3) is 3.43. The van der Waals surface area contributed by atoms with E-state index in [4.69, 9.17) is 0 Å². The Labute approximate surface area is 124 Å². The van der Waals surface area contributed by atoms with Gasteiger partial charge in [0.1, 0.15) is 0 Å². The minimum Gasteiger partial charge on any atom is -0.309 e.